The molecule has 1 aliphatic heterocycles. The number of aliphatic hydroxyl groups is 2. The van der Waals surface area contributed by atoms with E-state index in [1.807, 2.05) is 0 Å². The molecule has 1 saturated heterocycles. The SMILES string of the molecule is C=CCOC[C@H]1O[C@@H](n2ccc(=O)[nH]c2=O)[C@H](O)[C@@H]1O. The van der Waals surface area contributed by atoms with Crippen LogP contribution in [-0.4, -0.2) is 51.3 Å². The number of nitrogens with one attached hydrogen (secondary N) is 1. The quantitative estimate of drug-likeness (QED) is 0.441. The summed E-state index contributed by atoms with van der Waals surface area (Å²) < 4.78 is 11.6. The zero-order chi connectivity index (χ0) is 14.7. The molecule has 1 aromatic heterocycles. The van der Waals surface area contributed by atoms with E-state index in [1.165, 1.54) is 6.20 Å². The van der Waals surface area contributed by atoms with E-state index < -0.39 is 35.8 Å². The number of hydrogen-bond acceptors (Lipinski definition) is 6. The number of aliphatic hydroxyl groups excluding tert-OH is 2. The van der Waals surface area contributed by atoms with Crippen LogP contribution in [0.5, 0.6) is 0 Å². The third-order valence-corrected chi connectivity index (χ3v) is 2.98. The molecule has 3 N–H and O–H groups in total. The van der Waals surface area contributed by atoms with Gasteiger partial charge in [-0.1, -0.05) is 6.08 Å². The van der Waals surface area contributed by atoms with Gasteiger partial charge in [-0.2, -0.15) is 0 Å². The molecule has 110 valence electrons. The van der Waals surface area contributed by atoms with Crippen LogP contribution in [-0.2, 0) is 9.47 Å². The van der Waals surface area contributed by atoms with Gasteiger partial charge in [0.05, 0.1) is 13.2 Å². The van der Waals surface area contributed by atoms with Crippen LogP contribution in [0.4, 0.5) is 0 Å². The van der Waals surface area contributed by atoms with E-state index in [9.17, 15) is 19.8 Å². The van der Waals surface area contributed by atoms with Crippen molar-refractivity contribution in [2.45, 2.75) is 24.5 Å². The molecule has 4 atom stereocenters. The number of aromatic nitrogens is 2. The van der Waals surface area contributed by atoms with Crippen molar-refractivity contribution < 1.29 is 19.7 Å². The molecule has 0 aromatic carbocycles. The largest absolute Gasteiger partial charge is 0.387 e. The molecule has 1 aliphatic rings. The van der Waals surface area contributed by atoms with E-state index in [0.717, 1.165) is 10.6 Å². The van der Waals surface area contributed by atoms with Gasteiger partial charge >= 0.3 is 5.69 Å². The molecule has 0 aliphatic carbocycles. The van der Waals surface area contributed by atoms with E-state index in [4.69, 9.17) is 9.47 Å². The number of aromatic amines is 1. The highest BCUT2D eigenvalue weighted by molar-refractivity contribution is 4.93. The van der Waals surface area contributed by atoms with Crippen molar-refractivity contribution in [1.29, 1.82) is 0 Å². The average molecular weight is 284 g/mol. The molecule has 0 amide bonds. The van der Waals surface area contributed by atoms with Crippen molar-refractivity contribution in [3.8, 4) is 0 Å². The number of H-pyrrole nitrogens is 1. The van der Waals surface area contributed by atoms with Crippen LogP contribution in [0.2, 0.25) is 0 Å². The third kappa shape index (κ3) is 2.88. The lowest BCUT2D eigenvalue weighted by atomic mass is 10.1. The van der Waals surface area contributed by atoms with Crippen molar-refractivity contribution in [1.82, 2.24) is 9.55 Å². The Morgan fingerprint density at radius 2 is 2.20 bits per heavy atom. The highest BCUT2D eigenvalue weighted by Crippen LogP contribution is 2.28. The zero-order valence-electron chi connectivity index (χ0n) is 10.6. The first-order valence-electron chi connectivity index (χ1n) is 6.06. The van der Waals surface area contributed by atoms with Crippen molar-refractivity contribution in [2.24, 2.45) is 0 Å². The lowest BCUT2D eigenvalue weighted by Gasteiger charge is -2.16. The summed E-state index contributed by atoms with van der Waals surface area (Å²) in [7, 11) is 0. The van der Waals surface area contributed by atoms with E-state index >= 15 is 0 Å². The standard InChI is InChI=1S/C12H16N2O6/c1-2-5-19-6-7-9(16)10(17)11(20-7)14-4-3-8(15)13-12(14)18/h2-4,7,9-11,16-17H,1,5-6H2,(H,13,15,18)/t7-,9-,10-,11-/m1/s1. The first kappa shape index (κ1) is 14.7. The van der Waals surface area contributed by atoms with Gasteiger partial charge in [0, 0.05) is 12.3 Å². The first-order chi connectivity index (χ1) is 9.54. The summed E-state index contributed by atoms with van der Waals surface area (Å²) in [5, 5.41) is 19.8. The minimum atomic E-state index is -1.30. The van der Waals surface area contributed by atoms with E-state index in [2.05, 4.69) is 11.6 Å². The van der Waals surface area contributed by atoms with Gasteiger partial charge in [-0.3, -0.25) is 14.3 Å². The molecule has 0 unspecified atom stereocenters. The maximum atomic E-state index is 11.6. The maximum absolute atomic E-state index is 11.6. The Bertz CT molecular complexity index is 580. The second-order valence-electron chi connectivity index (χ2n) is 4.39. The molecule has 20 heavy (non-hydrogen) atoms. The van der Waals surface area contributed by atoms with Crippen LogP contribution >= 0.6 is 0 Å². The van der Waals surface area contributed by atoms with E-state index in [0.29, 0.717) is 0 Å². The number of nitrogens with zero attached hydrogens (tertiary/aromatic N) is 1. The molecule has 1 fully saturated rings. The summed E-state index contributed by atoms with van der Waals surface area (Å²) >= 11 is 0. The van der Waals surface area contributed by atoms with Gasteiger partial charge in [0.1, 0.15) is 18.3 Å². The Morgan fingerprint density at radius 1 is 1.45 bits per heavy atom. The molecule has 8 heteroatoms. The average Bonchev–Trinajstić information content (AvgIpc) is 2.68. The summed E-state index contributed by atoms with van der Waals surface area (Å²) in [6.45, 7) is 3.82. The number of ether oxygens (including phenoxy) is 2. The lowest BCUT2D eigenvalue weighted by molar-refractivity contribution is -0.0652. The van der Waals surface area contributed by atoms with Crippen molar-refractivity contribution in [3.05, 3.63) is 45.8 Å². The second-order valence-corrected chi connectivity index (χ2v) is 4.39. The highest BCUT2D eigenvalue weighted by atomic mass is 16.6. The molecular weight excluding hydrogens is 268 g/mol. The lowest BCUT2D eigenvalue weighted by Crippen LogP contribution is -2.37. The fourth-order valence-electron chi connectivity index (χ4n) is 1.99. The molecule has 0 bridgehead atoms. The molecule has 0 radical (unpaired) electrons. The fourth-order valence-corrected chi connectivity index (χ4v) is 1.99. The van der Waals surface area contributed by atoms with Crippen molar-refractivity contribution in [2.75, 3.05) is 13.2 Å². The summed E-state index contributed by atoms with van der Waals surface area (Å²) in [6.07, 6.45) is -1.59. The van der Waals surface area contributed by atoms with Crippen LogP contribution in [0.15, 0.2) is 34.5 Å². The highest BCUT2D eigenvalue weighted by Gasteiger charge is 2.44. The maximum Gasteiger partial charge on any atom is 0.330 e. The van der Waals surface area contributed by atoms with Gasteiger partial charge < -0.3 is 19.7 Å². The van der Waals surface area contributed by atoms with Crippen molar-refractivity contribution >= 4 is 0 Å². The predicted molar refractivity (Wildman–Crippen MR) is 68.3 cm³/mol. The molecule has 1 aromatic rings. The van der Waals surface area contributed by atoms with Gasteiger partial charge in [-0.25, -0.2) is 4.79 Å². The van der Waals surface area contributed by atoms with Crippen LogP contribution in [0, 0.1) is 0 Å². The van der Waals surface area contributed by atoms with Crippen LogP contribution in [0.3, 0.4) is 0 Å². The van der Waals surface area contributed by atoms with Gasteiger partial charge in [0.2, 0.25) is 0 Å². The fraction of sp³-hybridized carbons (Fsp3) is 0.500. The van der Waals surface area contributed by atoms with E-state index in [1.54, 1.807) is 6.08 Å². The second kappa shape index (κ2) is 6.14. The normalized spacial score (nSPS) is 29.5. The Morgan fingerprint density at radius 3 is 2.85 bits per heavy atom. The minimum absolute atomic E-state index is 0.0544. The van der Waals surface area contributed by atoms with Gasteiger partial charge in [0.15, 0.2) is 6.23 Å². The number of hydrogen-bond donors (Lipinski definition) is 3. The van der Waals surface area contributed by atoms with Gasteiger partial charge in [-0.05, 0) is 0 Å². The smallest absolute Gasteiger partial charge is 0.330 e. The summed E-state index contributed by atoms with van der Waals surface area (Å²) in [5.41, 5.74) is -1.27. The summed E-state index contributed by atoms with van der Waals surface area (Å²) in [4.78, 5) is 24.7. The van der Waals surface area contributed by atoms with Gasteiger partial charge in [-0.15, -0.1) is 6.58 Å². The molecule has 2 heterocycles. The Kier molecular flexibility index (Phi) is 4.50. The molecule has 8 nitrogen and oxygen atoms in total. The van der Waals surface area contributed by atoms with Crippen LogP contribution in [0.1, 0.15) is 6.23 Å². The van der Waals surface area contributed by atoms with Crippen LogP contribution in [0.25, 0.3) is 0 Å². The van der Waals surface area contributed by atoms with Crippen molar-refractivity contribution in [3.63, 3.8) is 0 Å². The monoisotopic (exact) mass is 284 g/mol. The minimum Gasteiger partial charge on any atom is -0.387 e. The Balaban J connectivity index is 2.15. The summed E-state index contributed by atoms with van der Waals surface area (Å²) in [5.74, 6) is 0. The van der Waals surface area contributed by atoms with Crippen LogP contribution < -0.4 is 11.2 Å². The third-order valence-electron chi connectivity index (χ3n) is 2.98. The zero-order valence-corrected chi connectivity index (χ0v) is 10.6. The molecule has 0 saturated carbocycles. The molecule has 0 spiro atoms. The van der Waals surface area contributed by atoms with E-state index in [-0.39, 0.29) is 13.2 Å². The van der Waals surface area contributed by atoms with Gasteiger partial charge in [0.25, 0.3) is 5.56 Å². The summed E-state index contributed by atoms with van der Waals surface area (Å²) in [6, 6.07) is 1.13. The first-order valence-corrected chi connectivity index (χ1v) is 6.06. The number of rotatable bonds is 5. The topological polar surface area (TPSA) is 114 Å². The predicted octanol–water partition coefficient (Wildman–Crippen LogP) is -1.64. The molecular formula is C12H16N2O6. The Labute approximate surface area is 113 Å². The Hall–Kier alpha value is -1.74. The molecule has 2 rings (SSSR count).